The molecule has 5 nitrogen and oxygen atoms in total. The fourth-order valence-electron chi connectivity index (χ4n) is 3.42. The van der Waals surface area contributed by atoms with Gasteiger partial charge in [-0.2, -0.15) is 18.3 Å². The second kappa shape index (κ2) is 6.76. The summed E-state index contributed by atoms with van der Waals surface area (Å²) in [5.74, 6) is 0.679. The minimum Gasteiger partial charge on any atom is -0.392 e. The van der Waals surface area contributed by atoms with Gasteiger partial charge in [0, 0.05) is 18.6 Å². The van der Waals surface area contributed by atoms with Crippen LogP contribution < -0.4 is 0 Å². The van der Waals surface area contributed by atoms with Gasteiger partial charge in [0.2, 0.25) is 0 Å². The Balaban J connectivity index is 1.92. The van der Waals surface area contributed by atoms with E-state index in [-0.39, 0.29) is 18.0 Å². The van der Waals surface area contributed by atoms with Gasteiger partial charge in [0.25, 0.3) is 0 Å². The summed E-state index contributed by atoms with van der Waals surface area (Å²) in [6.45, 7) is 4.58. The van der Waals surface area contributed by atoms with Crippen molar-refractivity contribution in [2.24, 2.45) is 0 Å². The van der Waals surface area contributed by atoms with E-state index in [1.54, 1.807) is 10.7 Å². The molecule has 1 aliphatic rings. The summed E-state index contributed by atoms with van der Waals surface area (Å²) in [4.78, 5) is 6.08. The standard InChI is InChI=1S/C17H21F3N4O/c1-11(2)24-16(21-10-22-24)9-23-8-12(25)7-15(23)13-5-3-4-6-14(13)17(18,19)20/h3-6,10-12,15,25H,7-9H2,1-2H3/t12-,15-/m0/s1. The molecule has 2 heterocycles. The van der Waals surface area contributed by atoms with E-state index in [9.17, 15) is 18.3 Å². The largest absolute Gasteiger partial charge is 0.416 e. The molecule has 1 aliphatic heterocycles. The van der Waals surface area contributed by atoms with E-state index in [4.69, 9.17) is 0 Å². The molecule has 1 aromatic heterocycles. The third-order valence-corrected chi connectivity index (χ3v) is 4.49. The lowest BCUT2D eigenvalue weighted by Gasteiger charge is -2.26. The van der Waals surface area contributed by atoms with Crippen molar-refractivity contribution in [3.63, 3.8) is 0 Å². The lowest BCUT2D eigenvalue weighted by atomic mass is 9.97. The van der Waals surface area contributed by atoms with E-state index < -0.39 is 23.9 Å². The number of halogens is 3. The topological polar surface area (TPSA) is 54.2 Å². The molecule has 0 unspecified atom stereocenters. The molecule has 1 saturated heterocycles. The minimum atomic E-state index is -4.42. The van der Waals surface area contributed by atoms with E-state index in [0.717, 1.165) is 6.07 Å². The summed E-state index contributed by atoms with van der Waals surface area (Å²) in [5, 5.41) is 14.2. The van der Waals surface area contributed by atoms with E-state index in [2.05, 4.69) is 10.1 Å². The van der Waals surface area contributed by atoms with Crippen molar-refractivity contribution in [2.45, 2.75) is 51.2 Å². The van der Waals surface area contributed by atoms with E-state index >= 15 is 0 Å². The number of aromatic nitrogens is 3. The highest BCUT2D eigenvalue weighted by Crippen LogP contribution is 2.40. The summed E-state index contributed by atoms with van der Waals surface area (Å²) in [6, 6.07) is 5.17. The lowest BCUT2D eigenvalue weighted by Crippen LogP contribution is -2.28. The summed E-state index contributed by atoms with van der Waals surface area (Å²) in [6.07, 6.45) is -3.38. The van der Waals surface area contributed by atoms with Crippen molar-refractivity contribution in [3.05, 3.63) is 47.5 Å². The zero-order chi connectivity index (χ0) is 18.2. The van der Waals surface area contributed by atoms with Crippen LogP contribution >= 0.6 is 0 Å². The van der Waals surface area contributed by atoms with Gasteiger partial charge in [0.1, 0.15) is 12.2 Å². The molecular formula is C17H21F3N4O. The molecule has 1 aromatic carbocycles. The van der Waals surface area contributed by atoms with Gasteiger partial charge in [-0.1, -0.05) is 18.2 Å². The molecule has 2 atom stereocenters. The molecule has 0 aliphatic carbocycles. The summed E-state index contributed by atoms with van der Waals surface area (Å²) < 4.78 is 41.8. The molecule has 0 radical (unpaired) electrons. The average Bonchev–Trinajstić information content (AvgIpc) is 3.13. The van der Waals surface area contributed by atoms with Crippen molar-refractivity contribution in [3.8, 4) is 0 Å². The smallest absolute Gasteiger partial charge is 0.392 e. The molecule has 1 N–H and O–H groups in total. The highest BCUT2D eigenvalue weighted by Gasteiger charge is 2.40. The van der Waals surface area contributed by atoms with E-state index in [1.165, 1.54) is 18.5 Å². The van der Waals surface area contributed by atoms with Crippen LogP contribution in [0.5, 0.6) is 0 Å². The number of aliphatic hydroxyl groups excluding tert-OH is 1. The SMILES string of the molecule is CC(C)n1ncnc1CN1C[C@@H](O)C[C@H]1c1ccccc1C(F)(F)F. The van der Waals surface area contributed by atoms with Gasteiger partial charge in [-0.3, -0.25) is 4.90 Å². The minimum absolute atomic E-state index is 0.103. The predicted molar refractivity (Wildman–Crippen MR) is 85.6 cm³/mol. The second-order valence-electron chi connectivity index (χ2n) is 6.63. The first-order valence-corrected chi connectivity index (χ1v) is 8.24. The Hall–Kier alpha value is -1.93. The fraction of sp³-hybridized carbons (Fsp3) is 0.529. The second-order valence-corrected chi connectivity index (χ2v) is 6.63. The van der Waals surface area contributed by atoms with Gasteiger partial charge in [-0.05, 0) is 31.9 Å². The first kappa shape index (κ1) is 17.9. The predicted octanol–water partition coefficient (Wildman–Crippen LogP) is 3.19. The Morgan fingerprint density at radius 2 is 2.00 bits per heavy atom. The van der Waals surface area contributed by atoms with Crippen LogP contribution in [0, 0.1) is 0 Å². The zero-order valence-corrected chi connectivity index (χ0v) is 14.1. The van der Waals surface area contributed by atoms with Crippen LogP contribution in [-0.2, 0) is 12.7 Å². The average molecular weight is 354 g/mol. The Bertz CT molecular complexity index is 729. The lowest BCUT2D eigenvalue weighted by molar-refractivity contribution is -0.138. The summed E-state index contributed by atoms with van der Waals surface area (Å²) >= 11 is 0. The van der Waals surface area contributed by atoms with Crippen LogP contribution in [0.15, 0.2) is 30.6 Å². The van der Waals surface area contributed by atoms with Gasteiger partial charge in [0.05, 0.1) is 18.2 Å². The molecule has 8 heteroatoms. The zero-order valence-electron chi connectivity index (χ0n) is 14.1. The van der Waals surface area contributed by atoms with Crippen LogP contribution in [0.25, 0.3) is 0 Å². The van der Waals surface area contributed by atoms with Crippen molar-refractivity contribution in [1.29, 1.82) is 0 Å². The molecule has 1 fully saturated rings. The molecule has 136 valence electrons. The number of hydrogen-bond acceptors (Lipinski definition) is 4. The van der Waals surface area contributed by atoms with E-state index in [0.29, 0.717) is 18.9 Å². The number of β-amino-alcohol motifs (C(OH)–C–C–N with tert-alkyl or cyclic N) is 1. The maximum Gasteiger partial charge on any atom is 0.416 e. The number of rotatable bonds is 4. The maximum absolute atomic E-state index is 13.4. The number of hydrogen-bond donors (Lipinski definition) is 1. The highest BCUT2D eigenvalue weighted by atomic mass is 19.4. The van der Waals surface area contributed by atoms with Gasteiger partial charge in [-0.15, -0.1) is 0 Å². The van der Waals surface area contributed by atoms with Crippen LogP contribution in [0.2, 0.25) is 0 Å². The first-order valence-electron chi connectivity index (χ1n) is 8.24. The third kappa shape index (κ3) is 3.69. The third-order valence-electron chi connectivity index (χ3n) is 4.49. The van der Waals surface area contributed by atoms with Gasteiger partial charge >= 0.3 is 6.18 Å². The Kier molecular flexibility index (Phi) is 4.83. The molecular weight excluding hydrogens is 333 g/mol. The molecule has 3 rings (SSSR count). The molecule has 0 bridgehead atoms. The number of likely N-dealkylation sites (tertiary alicyclic amines) is 1. The normalized spacial score (nSPS) is 22.0. The molecule has 0 spiro atoms. The summed E-state index contributed by atoms with van der Waals surface area (Å²) in [5.41, 5.74) is -0.452. The van der Waals surface area contributed by atoms with Crippen molar-refractivity contribution >= 4 is 0 Å². The quantitative estimate of drug-likeness (QED) is 0.916. The molecule has 25 heavy (non-hydrogen) atoms. The summed E-state index contributed by atoms with van der Waals surface area (Å²) in [7, 11) is 0. The van der Waals surface area contributed by atoms with E-state index in [1.807, 2.05) is 18.7 Å². The first-order chi connectivity index (χ1) is 11.8. The number of benzene rings is 1. The molecule has 0 saturated carbocycles. The monoisotopic (exact) mass is 354 g/mol. The molecule has 0 amide bonds. The van der Waals surface area contributed by atoms with Gasteiger partial charge in [-0.25, -0.2) is 9.67 Å². The maximum atomic E-state index is 13.4. The van der Waals surface area contributed by atoms with Crippen molar-refractivity contribution in [1.82, 2.24) is 19.7 Å². The number of aliphatic hydroxyl groups is 1. The van der Waals surface area contributed by atoms with Crippen LogP contribution in [0.4, 0.5) is 13.2 Å². The highest BCUT2D eigenvalue weighted by molar-refractivity contribution is 5.33. The van der Waals surface area contributed by atoms with Gasteiger partial charge < -0.3 is 5.11 Å². The Morgan fingerprint density at radius 3 is 2.68 bits per heavy atom. The fourth-order valence-corrected chi connectivity index (χ4v) is 3.42. The van der Waals surface area contributed by atoms with Crippen LogP contribution in [-0.4, -0.2) is 37.4 Å². The molecule has 2 aromatic rings. The number of nitrogens with zero attached hydrogens (tertiary/aromatic N) is 4. The van der Waals surface area contributed by atoms with Crippen LogP contribution in [0.1, 0.15) is 49.3 Å². The van der Waals surface area contributed by atoms with Crippen molar-refractivity contribution in [2.75, 3.05) is 6.54 Å². The number of alkyl halides is 3. The Morgan fingerprint density at radius 1 is 1.28 bits per heavy atom. The van der Waals surface area contributed by atoms with Crippen LogP contribution in [0.3, 0.4) is 0 Å². The van der Waals surface area contributed by atoms with Gasteiger partial charge in [0.15, 0.2) is 0 Å². The Labute approximate surface area is 144 Å². The van der Waals surface area contributed by atoms with Crippen molar-refractivity contribution < 1.29 is 18.3 Å².